The number of nitrogens with one attached hydrogen (secondary N) is 2. The summed E-state index contributed by atoms with van der Waals surface area (Å²) in [6.45, 7) is 0. The number of nitrogens with zero attached hydrogens (tertiary/aromatic N) is 3. The van der Waals surface area contributed by atoms with E-state index in [1.54, 1.807) is 12.4 Å². The lowest BCUT2D eigenvalue weighted by Crippen LogP contribution is -2.36. The normalized spacial score (nSPS) is 21.1. The molecule has 1 aliphatic rings. The van der Waals surface area contributed by atoms with Crippen LogP contribution in [0.25, 0.3) is 10.9 Å². The molecule has 0 spiro atoms. The van der Waals surface area contributed by atoms with Gasteiger partial charge in [-0.25, -0.2) is 9.97 Å². The lowest BCUT2D eigenvalue weighted by Gasteiger charge is -2.33. The molecule has 0 amide bonds. The Balaban J connectivity index is 1.81. The Morgan fingerprint density at radius 2 is 2.00 bits per heavy atom. The number of fused-ring (bicyclic) bond motifs is 1. The molecular formula is C19H26N6. The van der Waals surface area contributed by atoms with Crippen molar-refractivity contribution < 1.29 is 0 Å². The maximum atomic E-state index is 8.06. The van der Waals surface area contributed by atoms with Gasteiger partial charge in [-0.2, -0.15) is 0 Å². The van der Waals surface area contributed by atoms with Gasteiger partial charge in [0.05, 0.1) is 11.2 Å². The van der Waals surface area contributed by atoms with E-state index >= 15 is 0 Å². The fourth-order valence-electron chi connectivity index (χ4n) is 3.46. The highest BCUT2D eigenvalue weighted by atomic mass is 15.1. The molecule has 1 saturated carbocycles. The largest absolute Gasteiger partial charge is 0.405 e. The van der Waals surface area contributed by atoms with Gasteiger partial charge in [-0.1, -0.05) is 6.07 Å². The summed E-state index contributed by atoms with van der Waals surface area (Å²) in [6.07, 6.45) is 9.24. The fraction of sp³-hybridized carbons (Fsp3) is 0.421. The average Bonchev–Trinajstić information content (AvgIpc) is 2.62. The molecule has 1 aromatic carbocycles. The molecule has 0 saturated heterocycles. The number of hydrogen-bond acceptors (Lipinski definition) is 6. The third kappa shape index (κ3) is 3.96. The lowest BCUT2D eigenvalue weighted by molar-refractivity contribution is 0.221. The Bertz CT molecular complexity index is 775. The zero-order valence-electron chi connectivity index (χ0n) is 14.9. The third-order valence-corrected chi connectivity index (χ3v) is 4.98. The highest BCUT2D eigenvalue weighted by molar-refractivity contribution is 6.09. The Hall–Kier alpha value is -2.47. The van der Waals surface area contributed by atoms with Crippen LogP contribution in [0.3, 0.4) is 0 Å². The molecule has 3 rings (SSSR count). The SMILES string of the molecule is CN(C)C1CCC(Nc2ncnc3ccc(C(=N)/C=C\N)cc23)CC1. The van der Waals surface area contributed by atoms with E-state index in [4.69, 9.17) is 11.1 Å². The van der Waals surface area contributed by atoms with Crippen LogP contribution in [0.15, 0.2) is 36.8 Å². The predicted molar refractivity (Wildman–Crippen MR) is 103 cm³/mol. The molecule has 0 atom stereocenters. The summed E-state index contributed by atoms with van der Waals surface area (Å²) in [5.41, 5.74) is 7.47. The van der Waals surface area contributed by atoms with Gasteiger partial charge in [0.25, 0.3) is 0 Å². The number of rotatable bonds is 5. The van der Waals surface area contributed by atoms with Crippen LogP contribution in [0, 0.1) is 5.41 Å². The zero-order valence-corrected chi connectivity index (χ0v) is 14.9. The first-order valence-electron chi connectivity index (χ1n) is 8.73. The van der Waals surface area contributed by atoms with Gasteiger partial charge in [-0.15, -0.1) is 0 Å². The highest BCUT2D eigenvalue weighted by Crippen LogP contribution is 2.27. The van der Waals surface area contributed by atoms with Crippen molar-refractivity contribution in [3.8, 4) is 0 Å². The molecule has 0 bridgehead atoms. The van der Waals surface area contributed by atoms with E-state index in [2.05, 4.69) is 34.3 Å². The van der Waals surface area contributed by atoms with E-state index in [1.807, 2.05) is 18.2 Å². The average molecular weight is 338 g/mol. The number of hydrogen-bond donors (Lipinski definition) is 3. The highest BCUT2D eigenvalue weighted by Gasteiger charge is 2.23. The van der Waals surface area contributed by atoms with Crippen molar-refractivity contribution in [1.29, 1.82) is 5.41 Å². The van der Waals surface area contributed by atoms with Gasteiger partial charge in [-0.3, -0.25) is 0 Å². The molecule has 1 fully saturated rings. The number of nitrogens with two attached hydrogens (primary N) is 1. The Kier molecular flexibility index (Phi) is 5.28. The second kappa shape index (κ2) is 7.61. The molecule has 6 nitrogen and oxygen atoms in total. The molecule has 1 heterocycles. The quantitative estimate of drug-likeness (QED) is 0.729. The van der Waals surface area contributed by atoms with Crippen molar-refractivity contribution in [3.05, 3.63) is 42.4 Å². The van der Waals surface area contributed by atoms with E-state index in [0.29, 0.717) is 17.8 Å². The third-order valence-electron chi connectivity index (χ3n) is 4.98. The number of aromatic nitrogens is 2. The number of benzene rings is 1. The summed E-state index contributed by atoms with van der Waals surface area (Å²) in [5, 5.41) is 12.6. The summed E-state index contributed by atoms with van der Waals surface area (Å²) < 4.78 is 0. The van der Waals surface area contributed by atoms with E-state index < -0.39 is 0 Å². The van der Waals surface area contributed by atoms with Gasteiger partial charge in [-0.05, 0) is 64.2 Å². The van der Waals surface area contributed by atoms with Gasteiger partial charge in [0, 0.05) is 23.0 Å². The summed E-state index contributed by atoms with van der Waals surface area (Å²) >= 11 is 0. The Morgan fingerprint density at radius 3 is 2.68 bits per heavy atom. The first-order chi connectivity index (χ1) is 12.1. The van der Waals surface area contributed by atoms with Crippen molar-refractivity contribution in [2.75, 3.05) is 19.4 Å². The van der Waals surface area contributed by atoms with E-state index in [9.17, 15) is 0 Å². The standard InChI is InChI=1S/C19H26N6/c1-25(2)15-6-4-14(5-7-15)24-19-16-11-13(17(21)9-10-20)3-8-18(16)22-12-23-19/h3,8-12,14-15,21H,4-7,20H2,1-2H3,(H,22,23,24)/b10-9-,21-17?. The molecule has 132 valence electrons. The smallest absolute Gasteiger partial charge is 0.137 e. The van der Waals surface area contributed by atoms with Crippen LogP contribution < -0.4 is 11.1 Å². The monoisotopic (exact) mass is 338 g/mol. The number of allylic oxidation sites excluding steroid dienone is 1. The van der Waals surface area contributed by atoms with Crippen LogP contribution in [-0.4, -0.2) is 46.8 Å². The number of anilines is 1. The van der Waals surface area contributed by atoms with E-state index in [-0.39, 0.29) is 0 Å². The first-order valence-corrected chi connectivity index (χ1v) is 8.73. The van der Waals surface area contributed by atoms with Crippen LogP contribution in [0.1, 0.15) is 31.2 Å². The topological polar surface area (TPSA) is 90.9 Å². The predicted octanol–water partition coefficient (Wildman–Crippen LogP) is 2.75. The van der Waals surface area contributed by atoms with Crippen LogP contribution >= 0.6 is 0 Å². The van der Waals surface area contributed by atoms with E-state index in [0.717, 1.165) is 35.1 Å². The summed E-state index contributed by atoms with van der Waals surface area (Å²) in [5.74, 6) is 0.852. The Morgan fingerprint density at radius 1 is 1.24 bits per heavy atom. The fourth-order valence-corrected chi connectivity index (χ4v) is 3.46. The van der Waals surface area contributed by atoms with Crippen molar-refractivity contribution in [2.45, 2.75) is 37.8 Å². The summed E-state index contributed by atoms with van der Waals surface area (Å²) in [4.78, 5) is 11.1. The van der Waals surface area contributed by atoms with Crippen LogP contribution in [0.4, 0.5) is 5.82 Å². The molecule has 6 heteroatoms. The van der Waals surface area contributed by atoms with Gasteiger partial charge < -0.3 is 21.4 Å². The molecule has 4 N–H and O–H groups in total. The molecule has 1 aromatic heterocycles. The minimum Gasteiger partial charge on any atom is -0.405 e. The lowest BCUT2D eigenvalue weighted by atomic mass is 9.90. The van der Waals surface area contributed by atoms with Crippen LogP contribution in [-0.2, 0) is 0 Å². The maximum Gasteiger partial charge on any atom is 0.137 e. The van der Waals surface area contributed by atoms with Gasteiger partial charge in [0.15, 0.2) is 0 Å². The van der Waals surface area contributed by atoms with Gasteiger partial charge in [0.2, 0.25) is 0 Å². The van der Waals surface area contributed by atoms with Crippen molar-refractivity contribution in [1.82, 2.24) is 14.9 Å². The zero-order chi connectivity index (χ0) is 17.8. The molecule has 0 aliphatic heterocycles. The molecule has 0 unspecified atom stereocenters. The second-order valence-corrected chi connectivity index (χ2v) is 6.84. The second-order valence-electron chi connectivity index (χ2n) is 6.84. The molecule has 2 aromatic rings. The Labute approximate surface area is 148 Å². The van der Waals surface area contributed by atoms with E-state index in [1.165, 1.54) is 19.0 Å². The molecule has 1 aliphatic carbocycles. The van der Waals surface area contributed by atoms with Crippen LogP contribution in [0.2, 0.25) is 0 Å². The molecule has 25 heavy (non-hydrogen) atoms. The van der Waals surface area contributed by atoms with Crippen molar-refractivity contribution in [3.63, 3.8) is 0 Å². The minimum atomic E-state index is 0.380. The minimum absolute atomic E-state index is 0.380. The first kappa shape index (κ1) is 17.4. The van der Waals surface area contributed by atoms with Gasteiger partial charge in [0.1, 0.15) is 12.1 Å². The summed E-state index contributed by atoms with van der Waals surface area (Å²) in [6, 6.07) is 6.89. The van der Waals surface area contributed by atoms with Crippen molar-refractivity contribution in [2.24, 2.45) is 5.73 Å². The summed E-state index contributed by atoms with van der Waals surface area (Å²) in [7, 11) is 4.31. The molecular weight excluding hydrogens is 312 g/mol. The van der Waals surface area contributed by atoms with Gasteiger partial charge >= 0.3 is 0 Å². The maximum absolute atomic E-state index is 8.06. The molecule has 0 radical (unpaired) electrons. The van der Waals surface area contributed by atoms with Crippen LogP contribution in [0.5, 0.6) is 0 Å². The van der Waals surface area contributed by atoms with Crippen molar-refractivity contribution >= 4 is 22.4 Å².